The Morgan fingerprint density at radius 3 is 2.62 bits per heavy atom. The minimum atomic E-state index is 0.207. The molecule has 0 unspecified atom stereocenters. The molecule has 29 heavy (non-hydrogen) atoms. The summed E-state index contributed by atoms with van der Waals surface area (Å²) >= 11 is 0. The van der Waals surface area contributed by atoms with E-state index in [1.807, 2.05) is 28.8 Å². The van der Waals surface area contributed by atoms with Crippen LogP contribution in [-0.2, 0) is 6.42 Å². The number of fused-ring (bicyclic) bond motifs is 1. The molecule has 1 aromatic carbocycles. The molecule has 4 N–H and O–H groups in total. The van der Waals surface area contributed by atoms with Crippen LogP contribution in [0.15, 0.2) is 48.9 Å². The standard InChI is InChI=1S/C21H23N7O/c1-13(2)28-12-25-17-20(24-11-9-14-5-7-15(29)8-6-14)26-19(27-21(17)28)16-4-3-10-23-18(16)22/h3-8,10,12-13,29H,9,11H2,1-2H3,(H2,22,23)(H,24,26,27). The Hall–Kier alpha value is -3.68. The molecular formula is C21H23N7O. The zero-order chi connectivity index (χ0) is 20.4. The van der Waals surface area contributed by atoms with Crippen LogP contribution in [0.5, 0.6) is 5.75 Å². The van der Waals surface area contributed by atoms with E-state index in [0.717, 1.165) is 23.1 Å². The van der Waals surface area contributed by atoms with Gasteiger partial charge < -0.3 is 20.7 Å². The second-order valence-corrected chi connectivity index (χ2v) is 7.09. The van der Waals surface area contributed by atoms with Crippen LogP contribution in [0.1, 0.15) is 25.5 Å². The molecule has 0 aliphatic heterocycles. The fourth-order valence-corrected chi connectivity index (χ4v) is 3.13. The first-order valence-electron chi connectivity index (χ1n) is 9.50. The molecule has 0 bridgehead atoms. The number of pyridine rings is 1. The van der Waals surface area contributed by atoms with E-state index in [1.165, 1.54) is 0 Å². The number of nitrogens with zero attached hydrogens (tertiary/aromatic N) is 5. The zero-order valence-electron chi connectivity index (χ0n) is 16.4. The van der Waals surface area contributed by atoms with Crippen molar-refractivity contribution in [3.8, 4) is 17.1 Å². The van der Waals surface area contributed by atoms with Crippen molar-refractivity contribution in [3.05, 3.63) is 54.5 Å². The van der Waals surface area contributed by atoms with E-state index >= 15 is 0 Å². The number of nitrogens with one attached hydrogen (secondary N) is 1. The summed E-state index contributed by atoms with van der Waals surface area (Å²) in [5.41, 5.74) is 9.33. The number of phenols is 1. The minimum absolute atomic E-state index is 0.207. The molecule has 0 amide bonds. The van der Waals surface area contributed by atoms with E-state index in [-0.39, 0.29) is 11.8 Å². The van der Waals surface area contributed by atoms with Gasteiger partial charge in [-0.25, -0.2) is 19.9 Å². The van der Waals surface area contributed by atoms with Gasteiger partial charge in [-0.05, 0) is 50.1 Å². The van der Waals surface area contributed by atoms with Crippen LogP contribution in [0.25, 0.3) is 22.6 Å². The van der Waals surface area contributed by atoms with E-state index in [4.69, 9.17) is 15.7 Å². The molecule has 0 fully saturated rings. The first-order chi connectivity index (χ1) is 14.0. The number of phenolic OH excluding ortho intramolecular Hbond substituents is 1. The number of aromatic nitrogens is 5. The summed E-state index contributed by atoms with van der Waals surface area (Å²) in [5, 5.41) is 12.8. The number of aromatic hydroxyl groups is 1. The fourth-order valence-electron chi connectivity index (χ4n) is 3.13. The van der Waals surface area contributed by atoms with Gasteiger partial charge in [0.2, 0.25) is 0 Å². The molecule has 8 heteroatoms. The summed E-state index contributed by atoms with van der Waals surface area (Å²) in [6, 6.07) is 11.1. The van der Waals surface area contributed by atoms with Crippen molar-refractivity contribution >= 4 is 22.8 Å². The Morgan fingerprint density at radius 2 is 1.90 bits per heavy atom. The van der Waals surface area contributed by atoms with Gasteiger partial charge >= 0.3 is 0 Å². The van der Waals surface area contributed by atoms with Crippen molar-refractivity contribution in [1.82, 2.24) is 24.5 Å². The van der Waals surface area contributed by atoms with Crippen LogP contribution in [0, 0.1) is 0 Å². The lowest BCUT2D eigenvalue weighted by molar-refractivity contribution is 0.475. The van der Waals surface area contributed by atoms with Gasteiger partial charge in [0.25, 0.3) is 0 Å². The van der Waals surface area contributed by atoms with Gasteiger partial charge in [-0.2, -0.15) is 0 Å². The normalized spacial score (nSPS) is 11.3. The Labute approximate surface area is 168 Å². The van der Waals surface area contributed by atoms with Gasteiger partial charge in [-0.3, -0.25) is 0 Å². The number of imidazole rings is 1. The molecule has 3 aromatic heterocycles. The quantitative estimate of drug-likeness (QED) is 0.463. The molecule has 0 saturated carbocycles. The number of nitrogens with two attached hydrogens (primary N) is 1. The van der Waals surface area contributed by atoms with E-state index in [2.05, 4.69) is 29.1 Å². The highest BCUT2D eigenvalue weighted by atomic mass is 16.3. The smallest absolute Gasteiger partial charge is 0.167 e. The maximum Gasteiger partial charge on any atom is 0.167 e. The monoisotopic (exact) mass is 389 g/mol. The molecule has 0 radical (unpaired) electrons. The molecule has 4 aromatic rings. The average Bonchev–Trinajstić information content (AvgIpc) is 3.14. The summed E-state index contributed by atoms with van der Waals surface area (Å²) in [7, 11) is 0. The highest BCUT2D eigenvalue weighted by Gasteiger charge is 2.17. The highest BCUT2D eigenvalue weighted by molar-refractivity contribution is 5.86. The fraction of sp³-hybridized carbons (Fsp3) is 0.238. The molecule has 0 spiro atoms. The van der Waals surface area contributed by atoms with Crippen LogP contribution in [-0.4, -0.2) is 36.2 Å². The molecule has 3 heterocycles. The third-order valence-electron chi connectivity index (χ3n) is 4.70. The van der Waals surface area contributed by atoms with Crippen molar-refractivity contribution in [2.24, 2.45) is 0 Å². The second-order valence-electron chi connectivity index (χ2n) is 7.09. The van der Waals surface area contributed by atoms with Crippen molar-refractivity contribution in [2.45, 2.75) is 26.3 Å². The Morgan fingerprint density at radius 1 is 1.10 bits per heavy atom. The van der Waals surface area contributed by atoms with Crippen molar-refractivity contribution in [2.75, 3.05) is 17.6 Å². The van der Waals surface area contributed by atoms with Gasteiger partial charge in [-0.1, -0.05) is 12.1 Å². The molecule has 0 saturated heterocycles. The Kier molecular flexibility index (Phi) is 4.99. The van der Waals surface area contributed by atoms with E-state index in [0.29, 0.717) is 29.6 Å². The van der Waals surface area contributed by atoms with Crippen LogP contribution in [0.3, 0.4) is 0 Å². The lowest BCUT2D eigenvalue weighted by atomic mass is 10.1. The lowest BCUT2D eigenvalue weighted by Crippen LogP contribution is -2.09. The zero-order valence-corrected chi connectivity index (χ0v) is 16.4. The average molecular weight is 389 g/mol. The molecule has 0 aliphatic rings. The van der Waals surface area contributed by atoms with Gasteiger partial charge in [-0.15, -0.1) is 0 Å². The second kappa shape index (κ2) is 7.75. The summed E-state index contributed by atoms with van der Waals surface area (Å²) in [4.78, 5) is 18.1. The van der Waals surface area contributed by atoms with Gasteiger partial charge in [0.1, 0.15) is 17.1 Å². The van der Waals surface area contributed by atoms with Crippen molar-refractivity contribution < 1.29 is 5.11 Å². The number of benzene rings is 1. The number of hydrogen-bond acceptors (Lipinski definition) is 7. The molecule has 8 nitrogen and oxygen atoms in total. The Bertz CT molecular complexity index is 1140. The first kappa shape index (κ1) is 18.7. The molecule has 0 aliphatic carbocycles. The SMILES string of the molecule is CC(C)n1cnc2c(NCCc3ccc(O)cc3)nc(-c3cccnc3N)nc21. The number of hydrogen-bond donors (Lipinski definition) is 3. The molecule has 0 atom stereocenters. The minimum Gasteiger partial charge on any atom is -0.508 e. The van der Waals surface area contributed by atoms with Crippen LogP contribution in [0.4, 0.5) is 11.6 Å². The Balaban J connectivity index is 1.69. The van der Waals surface area contributed by atoms with Gasteiger partial charge in [0.05, 0.1) is 11.9 Å². The number of rotatable bonds is 6. The highest BCUT2D eigenvalue weighted by Crippen LogP contribution is 2.27. The summed E-state index contributed by atoms with van der Waals surface area (Å²) in [6.07, 6.45) is 4.21. The maximum absolute atomic E-state index is 9.43. The summed E-state index contributed by atoms with van der Waals surface area (Å²) < 4.78 is 2.01. The van der Waals surface area contributed by atoms with Gasteiger partial charge in [0.15, 0.2) is 17.3 Å². The lowest BCUT2D eigenvalue weighted by Gasteiger charge is -2.12. The predicted octanol–water partition coefficient (Wildman–Crippen LogP) is 3.41. The van der Waals surface area contributed by atoms with E-state index in [9.17, 15) is 5.11 Å². The van der Waals surface area contributed by atoms with Crippen molar-refractivity contribution in [3.63, 3.8) is 0 Å². The maximum atomic E-state index is 9.43. The van der Waals surface area contributed by atoms with Gasteiger partial charge in [0, 0.05) is 18.8 Å². The third-order valence-corrected chi connectivity index (χ3v) is 4.70. The number of nitrogen functional groups attached to an aromatic ring is 1. The summed E-state index contributed by atoms with van der Waals surface area (Å²) in [6.45, 7) is 4.83. The predicted molar refractivity (Wildman–Crippen MR) is 114 cm³/mol. The summed E-state index contributed by atoms with van der Waals surface area (Å²) in [5.74, 6) is 1.82. The van der Waals surface area contributed by atoms with E-state index in [1.54, 1.807) is 24.7 Å². The molecule has 148 valence electrons. The van der Waals surface area contributed by atoms with Crippen LogP contribution in [0.2, 0.25) is 0 Å². The first-order valence-corrected chi connectivity index (χ1v) is 9.50. The molecular weight excluding hydrogens is 366 g/mol. The topological polar surface area (TPSA) is 115 Å². The third kappa shape index (κ3) is 3.82. The van der Waals surface area contributed by atoms with Crippen LogP contribution >= 0.6 is 0 Å². The van der Waals surface area contributed by atoms with Crippen molar-refractivity contribution in [1.29, 1.82) is 0 Å². The van der Waals surface area contributed by atoms with E-state index < -0.39 is 0 Å². The number of anilines is 2. The molecule has 4 rings (SSSR count). The largest absolute Gasteiger partial charge is 0.508 e. The van der Waals surface area contributed by atoms with Crippen LogP contribution < -0.4 is 11.1 Å².